The summed E-state index contributed by atoms with van der Waals surface area (Å²) in [4.78, 5) is 7.62. The van der Waals surface area contributed by atoms with Crippen LogP contribution in [0.4, 0.5) is 5.95 Å². The van der Waals surface area contributed by atoms with E-state index in [0.717, 1.165) is 26.5 Å². The molecule has 2 aromatic carbocycles. The lowest BCUT2D eigenvalue weighted by Gasteiger charge is -1.98. The van der Waals surface area contributed by atoms with Gasteiger partial charge in [0.1, 0.15) is 5.52 Å². The topological polar surface area (TPSA) is 78.8 Å². The van der Waals surface area contributed by atoms with Crippen molar-refractivity contribution in [2.24, 2.45) is 5.10 Å². The summed E-state index contributed by atoms with van der Waals surface area (Å²) in [5.74, 6) is 0.340. The summed E-state index contributed by atoms with van der Waals surface area (Å²) in [5, 5.41) is 13.4. The maximum absolute atomic E-state index is 4.40. The predicted molar refractivity (Wildman–Crippen MR) is 94.5 cm³/mol. The van der Waals surface area contributed by atoms with Crippen molar-refractivity contribution in [2.45, 2.75) is 0 Å². The molecule has 2 heterocycles. The molecule has 2 aromatic heterocycles. The molecule has 0 saturated heterocycles. The molecular formula is C16H11BrN6. The van der Waals surface area contributed by atoms with Crippen molar-refractivity contribution in [1.29, 1.82) is 0 Å². The van der Waals surface area contributed by atoms with E-state index in [-0.39, 0.29) is 0 Å². The summed E-state index contributed by atoms with van der Waals surface area (Å²) in [6.07, 6.45) is 1.70. The quantitative estimate of drug-likeness (QED) is 0.427. The van der Waals surface area contributed by atoms with Crippen LogP contribution in [0.3, 0.4) is 0 Å². The van der Waals surface area contributed by atoms with E-state index in [1.807, 2.05) is 48.5 Å². The van der Waals surface area contributed by atoms with Crippen molar-refractivity contribution in [3.05, 3.63) is 58.6 Å². The number of H-pyrrole nitrogens is 1. The van der Waals surface area contributed by atoms with Crippen LogP contribution in [0.25, 0.3) is 22.1 Å². The van der Waals surface area contributed by atoms with Gasteiger partial charge in [-0.1, -0.05) is 52.3 Å². The van der Waals surface area contributed by atoms with Gasteiger partial charge in [0.15, 0.2) is 5.65 Å². The van der Waals surface area contributed by atoms with Crippen molar-refractivity contribution in [3.8, 4) is 0 Å². The zero-order chi connectivity index (χ0) is 15.6. The third kappa shape index (κ3) is 2.66. The summed E-state index contributed by atoms with van der Waals surface area (Å²) in [7, 11) is 0. The van der Waals surface area contributed by atoms with Gasteiger partial charge < -0.3 is 4.98 Å². The first-order valence-corrected chi connectivity index (χ1v) is 7.75. The lowest BCUT2D eigenvalue weighted by Crippen LogP contribution is -1.99. The first-order chi connectivity index (χ1) is 11.3. The molecule has 7 heteroatoms. The molecule has 2 N–H and O–H groups in total. The minimum Gasteiger partial charge on any atom is -0.338 e. The maximum atomic E-state index is 4.40. The molecule has 0 atom stereocenters. The molecule has 0 radical (unpaired) electrons. The lowest BCUT2D eigenvalue weighted by atomic mass is 10.2. The Bertz CT molecular complexity index is 1020. The lowest BCUT2D eigenvalue weighted by molar-refractivity contribution is 1.01. The van der Waals surface area contributed by atoms with Crippen LogP contribution in [0.1, 0.15) is 5.56 Å². The second-order valence-corrected chi connectivity index (χ2v) is 5.75. The van der Waals surface area contributed by atoms with Gasteiger partial charge in [-0.25, -0.2) is 5.43 Å². The van der Waals surface area contributed by atoms with Crippen molar-refractivity contribution in [1.82, 2.24) is 20.2 Å². The summed E-state index contributed by atoms with van der Waals surface area (Å²) in [5.41, 5.74) is 6.17. The first kappa shape index (κ1) is 13.8. The Morgan fingerprint density at radius 2 is 1.87 bits per heavy atom. The van der Waals surface area contributed by atoms with Gasteiger partial charge in [0.05, 0.1) is 6.21 Å². The Kier molecular flexibility index (Phi) is 3.47. The van der Waals surface area contributed by atoms with Crippen LogP contribution < -0.4 is 5.43 Å². The van der Waals surface area contributed by atoms with Crippen molar-refractivity contribution in [2.75, 3.05) is 5.43 Å². The van der Waals surface area contributed by atoms with Crippen molar-refractivity contribution >= 4 is 50.2 Å². The van der Waals surface area contributed by atoms with Gasteiger partial charge >= 0.3 is 0 Å². The fourth-order valence-corrected chi connectivity index (χ4v) is 2.69. The largest absolute Gasteiger partial charge is 0.338 e. The van der Waals surface area contributed by atoms with E-state index in [1.165, 1.54) is 0 Å². The van der Waals surface area contributed by atoms with E-state index in [4.69, 9.17) is 0 Å². The van der Waals surface area contributed by atoms with E-state index >= 15 is 0 Å². The van der Waals surface area contributed by atoms with E-state index in [1.54, 1.807) is 6.21 Å². The van der Waals surface area contributed by atoms with Crippen LogP contribution in [-0.4, -0.2) is 26.4 Å². The second kappa shape index (κ2) is 5.77. The van der Waals surface area contributed by atoms with Crippen LogP contribution in [0.2, 0.25) is 0 Å². The molecule has 0 saturated carbocycles. The number of hydrazone groups is 1. The highest BCUT2D eigenvalue weighted by Crippen LogP contribution is 2.21. The molecule has 0 spiro atoms. The van der Waals surface area contributed by atoms with Gasteiger partial charge in [0, 0.05) is 20.9 Å². The Balaban J connectivity index is 1.62. The van der Waals surface area contributed by atoms with Gasteiger partial charge in [-0.3, -0.25) is 0 Å². The standard InChI is InChI=1S/C16H11BrN6/c17-12-7-3-1-5-10(12)9-18-22-16-20-15-14(21-23-16)11-6-2-4-8-13(11)19-15/h1-9H,(H2,19,20,22,23)/b18-9+. The number of anilines is 1. The molecule has 0 aliphatic rings. The van der Waals surface area contributed by atoms with E-state index in [2.05, 4.69) is 46.6 Å². The Morgan fingerprint density at radius 3 is 2.78 bits per heavy atom. The molecular weight excluding hydrogens is 356 g/mol. The molecule has 6 nitrogen and oxygen atoms in total. The number of para-hydroxylation sites is 1. The zero-order valence-corrected chi connectivity index (χ0v) is 13.4. The van der Waals surface area contributed by atoms with Gasteiger partial charge in [-0.2, -0.15) is 10.1 Å². The molecule has 4 rings (SSSR count). The number of hydrogen-bond acceptors (Lipinski definition) is 5. The number of nitrogens with zero attached hydrogens (tertiary/aromatic N) is 4. The molecule has 0 aliphatic carbocycles. The van der Waals surface area contributed by atoms with Crippen LogP contribution in [-0.2, 0) is 0 Å². The smallest absolute Gasteiger partial charge is 0.265 e. The second-order valence-electron chi connectivity index (χ2n) is 4.89. The molecule has 0 aliphatic heterocycles. The number of nitrogens with one attached hydrogen (secondary N) is 2. The highest BCUT2D eigenvalue weighted by molar-refractivity contribution is 9.10. The first-order valence-electron chi connectivity index (χ1n) is 6.96. The number of halogens is 1. The number of aromatic amines is 1. The minimum atomic E-state index is 0.340. The SMILES string of the molecule is Brc1ccccc1/C=N/Nc1nnc2c(n1)[nH]c1ccccc12. The number of benzene rings is 2. The van der Waals surface area contributed by atoms with Crippen LogP contribution in [0.5, 0.6) is 0 Å². The number of fused-ring (bicyclic) bond motifs is 3. The zero-order valence-electron chi connectivity index (χ0n) is 11.9. The summed E-state index contributed by atoms with van der Waals surface area (Å²) >= 11 is 3.47. The fraction of sp³-hybridized carbons (Fsp3) is 0. The average Bonchev–Trinajstić information content (AvgIpc) is 2.94. The Labute approximate surface area is 139 Å². The summed E-state index contributed by atoms with van der Waals surface area (Å²) in [6, 6.07) is 15.7. The number of hydrogen-bond donors (Lipinski definition) is 2. The van der Waals surface area contributed by atoms with E-state index in [0.29, 0.717) is 11.6 Å². The Hall–Kier alpha value is -2.80. The van der Waals surface area contributed by atoms with E-state index in [9.17, 15) is 0 Å². The molecule has 0 fully saturated rings. The maximum Gasteiger partial charge on any atom is 0.265 e. The third-order valence-corrected chi connectivity index (χ3v) is 4.12. The normalized spacial score (nSPS) is 11.5. The fourth-order valence-electron chi connectivity index (χ4n) is 2.31. The minimum absolute atomic E-state index is 0.340. The average molecular weight is 367 g/mol. The van der Waals surface area contributed by atoms with Gasteiger partial charge in [-0.15, -0.1) is 10.2 Å². The van der Waals surface area contributed by atoms with Gasteiger partial charge in [-0.05, 0) is 12.1 Å². The van der Waals surface area contributed by atoms with Crippen LogP contribution in [0.15, 0.2) is 58.1 Å². The number of aromatic nitrogens is 4. The number of rotatable bonds is 3. The highest BCUT2D eigenvalue weighted by atomic mass is 79.9. The van der Waals surface area contributed by atoms with Gasteiger partial charge in [0.25, 0.3) is 5.95 Å². The molecule has 0 amide bonds. The molecule has 0 bridgehead atoms. The Morgan fingerprint density at radius 1 is 1.04 bits per heavy atom. The summed E-state index contributed by atoms with van der Waals surface area (Å²) in [6.45, 7) is 0. The predicted octanol–water partition coefficient (Wildman–Crippen LogP) is 3.71. The van der Waals surface area contributed by atoms with Crippen molar-refractivity contribution < 1.29 is 0 Å². The molecule has 112 valence electrons. The monoisotopic (exact) mass is 366 g/mol. The van der Waals surface area contributed by atoms with Crippen LogP contribution in [0, 0.1) is 0 Å². The van der Waals surface area contributed by atoms with Gasteiger partial charge in [0.2, 0.25) is 0 Å². The van der Waals surface area contributed by atoms with Crippen LogP contribution >= 0.6 is 15.9 Å². The molecule has 4 aromatic rings. The summed E-state index contributed by atoms with van der Waals surface area (Å²) < 4.78 is 0.968. The highest BCUT2D eigenvalue weighted by Gasteiger charge is 2.07. The van der Waals surface area contributed by atoms with Crippen molar-refractivity contribution in [3.63, 3.8) is 0 Å². The molecule has 0 unspecified atom stereocenters. The van der Waals surface area contributed by atoms with E-state index < -0.39 is 0 Å². The third-order valence-electron chi connectivity index (χ3n) is 3.40. The molecule has 23 heavy (non-hydrogen) atoms.